The van der Waals surface area contributed by atoms with Crippen molar-refractivity contribution in [2.75, 3.05) is 47.5 Å². The predicted molar refractivity (Wildman–Crippen MR) is 283 cm³/mol. The molecule has 0 aromatic rings. The van der Waals surface area contributed by atoms with Crippen LogP contribution in [0, 0.1) is 0 Å². The number of unbranched alkanes of at least 4 members (excludes halogenated alkanes) is 14. The van der Waals surface area contributed by atoms with E-state index in [4.69, 9.17) is 18.9 Å². The minimum absolute atomic E-state index is 0.132. The average molecular weight is 948 g/mol. The van der Waals surface area contributed by atoms with Crippen LogP contribution in [0.4, 0.5) is 0 Å². The molecule has 68 heavy (non-hydrogen) atoms. The quantitative estimate of drug-likeness (QED) is 0.0195. The third kappa shape index (κ3) is 49.8. The van der Waals surface area contributed by atoms with E-state index < -0.39 is 24.3 Å². The lowest BCUT2D eigenvalue weighted by Gasteiger charge is -2.26. The number of quaternary nitrogens is 1. The van der Waals surface area contributed by atoms with E-state index in [9.17, 15) is 19.5 Å². The van der Waals surface area contributed by atoms with Crippen molar-refractivity contribution in [3.05, 3.63) is 109 Å². The number of likely N-dealkylation sites (N-methyl/N-ethyl adjacent to an activating group) is 1. The highest BCUT2D eigenvalue weighted by Gasteiger charge is 2.21. The van der Waals surface area contributed by atoms with Gasteiger partial charge in [0.25, 0.3) is 0 Å². The van der Waals surface area contributed by atoms with Crippen LogP contribution in [0.3, 0.4) is 0 Å². The van der Waals surface area contributed by atoms with E-state index in [1.807, 2.05) is 27.2 Å². The number of carboxylic acids is 1. The smallest absolute Gasteiger partial charge is 0.306 e. The summed E-state index contributed by atoms with van der Waals surface area (Å²) >= 11 is 0. The van der Waals surface area contributed by atoms with Crippen LogP contribution in [0.5, 0.6) is 0 Å². The molecule has 0 aliphatic heterocycles. The van der Waals surface area contributed by atoms with Gasteiger partial charge in [-0.15, -0.1) is 0 Å². The molecule has 386 valence electrons. The minimum atomic E-state index is -1.64. The molecule has 0 N–H and O–H groups in total. The molecular formula is C59H97NO8. The molecule has 2 atom stereocenters. The van der Waals surface area contributed by atoms with Gasteiger partial charge in [0, 0.05) is 12.8 Å². The Bertz CT molecular complexity index is 1480. The number of aliphatic carboxylic acids is 1. The van der Waals surface area contributed by atoms with Crippen molar-refractivity contribution in [1.82, 2.24) is 0 Å². The Morgan fingerprint density at radius 2 is 0.838 bits per heavy atom. The summed E-state index contributed by atoms with van der Waals surface area (Å²) in [6.07, 6.45) is 64.2. The van der Waals surface area contributed by atoms with Crippen LogP contribution in [0.25, 0.3) is 0 Å². The monoisotopic (exact) mass is 948 g/mol. The Balaban J connectivity index is 4.43. The number of carbonyl (C=O) groups excluding carboxylic acids is 3. The molecule has 0 radical (unpaired) electrons. The first kappa shape index (κ1) is 64.0. The summed E-state index contributed by atoms with van der Waals surface area (Å²) in [4.78, 5) is 37.1. The van der Waals surface area contributed by atoms with Gasteiger partial charge in [-0.1, -0.05) is 207 Å². The van der Waals surface area contributed by atoms with Crippen LogP contribution in [-0.2, 0) is 33.3 Å². The van der Waals surface area contributed by atoms with Gasteiger partial charge in [-0.25, -0.2) is 0 Å². The van der Waals surface area contributed by atoms with Crippen LogP contribution in [-0.4, -0.2) is 82.3 Å². The zero-order chi connectivity index (χ0) is 49.9. The van der Waals surface area contributed by atoms with Crippen LogP contribution in [0.15, 0.2) is 109 Å². The summed E-state index contributed by atoms with van der Waals surface area (Å²) < 4.78 is 22.5. The summed E-state index contributed by atoms with van der Waals surface area (Å²) in [5, 5.41) is 11.7. The molecule has 0 aromatic carbocycles. The number of esters is 2. The van der Waals surface area contributed by atoms with Crippen molar-refractivity contribution in [2.24, 2.45) is 0 Å². The molecule has 2 unspecified atom stereocenters. The second kappa shape index (κ2) is 49.4. The average Bonchev–Trinajstić information content (AvgIpc) is 3.30. The Morgan fingerprint density at radius 1 is 0.456 bits per heavy atom. The maximum atomic E-state index is 12.8. The standard InChI is InChI=1S/C59H97NO8/c1-6-8-10-12-14-16-18-20-22-23-24-25-26-27-28-29-30-31-32-33-34-35-36-38-40-42-44-46-48-50-57(62)68-55(54-67-59(58(63)64)65-52-51-60(3,4)5)53-66-56(61)49-47-45-43-41-39-37-21-19-17-15-13-11-9-7-2/h8,10,14,16,20,22,24-25,27-28,30-31,33-34,36,38,42,44,55,59H,6-7,9,11-13,15,17-19,21,23,26,29,32,35,37,39-41,43,45-54H2,1-5H3/b10-8-,16-14-,22-20-,25-24-,28-27-,31-30-,34-33-,38-36-,44-42-. The predicted octanol–water partition coefficient (Wildman–Crippen LogP) is 13.8. The summed E-state index contributed by atoms with van der Waals surface area (Å²) in [5.74, 6) is -2.38. The first-order chi connectivity index (χ1) is 33.1. The number of carbonyl (C=O) groups is 3. The zero-order valence-corrected chi connectivity index (χ0v) is 43.7. The highest BCUT2D eigenvalue weighted by molar-refractivity contribution is 5.70. The van der Waals surface area contributed by atoms with Gasteiger partial charge in [-0.05, 0) is 77.0 Å². The molecular weight excluding hydrogens is 851 g/mol. The number of rotatable bonds is 47. The number of nitrogens with zero attached hydrogens (tertiary/aromatic N) is 1. The highest BCUT2D eigenvalue weighted by atomic mass is 16.7. The third-order valence-electron chi connectivity index (χ3n) is 10.8. The third-order valence-corrected chi connectivity index (χ3v) is 10.8. The molecule has 0 saturated heterocycles. The van der Waals surface area contributed by atoms with Gasteiger partial charge in [0.1, 0.15) is 13.2 Å². The van der Waals surface area contributed by atoms with Gasteiger partial charge in [0.05, 0.1) is 40.3 Å². The first-order valence-electron chi connectivity index (χ1n) is 26.5. The molecule has 0 spiro atoms. The van der Waals surface area contributed by atoms with Crippen LogP contribution in [0.2, 0.25) is 0 Å². The van der Waals surface area contributed by atoms with Crippen molar-refractivity contribution in [3.8, 4) is 0 Å². The maximum Gasteiger partial charge on any atom is 0.306 e. The molecule has 0 aliphatic rings. The Morgan fingerprint density at radius 3 is 1.24 bits per heavy atom. The van der Waals surface area contributed by atoms with E-state index in [0.717, 1.165) is 77.0 Å². The lowest BCUT2D eigenvalue weighted by Crippen LogP contribution is -2.44. The lowest BCUT2D eigenvalue weighted by molar-refractivity contribution is -0.870. The van der Waals surface area contributed by atoms with Gasteiger partial charge in [-0.2, -0.15) is 0 Å². The number of hydrogen-bond acceptors (Lipinski definition) is 8. The molecule has 9 nitrogen and oxygen atoms in total. The Hall–Kier alpha value is -4.05. The van der Waals surface area contributed by atoms with E-state index in [1.54, 1.807) is 0 Å². The number of allylic oxidation sites excluding steroid dienone is 18. The van der Waals surface area contributed by atoms with Crippen molar-refractivity contribution in [2.45, 2.75) is 200 Å². The fraction of sp³-hybridized carbons (Fsp3) is 0.644. The van der Waals surface area contributed by atoms with Gasteiger partial charge in [-0.3, -0.25) is 9.59 Å². The summed E-state index contributed by atoms with van der Waals surface area (Å²) in [6.45, 7) is 4.55. The SMILES string of the molecule is CC/C=C\C/C=C\C/C=C\C/C=C\C/C=C\C/C=C\C/C=C\C/C=C\C/C=C\CCCC(=O)OC(COC(=O)CCCCCCCCCCCCCCCC)COC(OCC[N+](C)(C)C)C(=O)[O-]. The van der Waals surface area contributed by atoms with E-state index in [1.165, 1.54) is 70.6 Å². The molecule has 0 rings (SSSR count). The first-order valence-corrected chi connectivity index (χ1v) is 26.5. The zero-order valence-electron chi connectivity index (χ0n) is 43.7. The normalized spacial score (nSPS) is 13.7. The van der Waals surface area contributed by atoms with E-state index in [-0.39, 0.29) is 38.6 Å². The van der Waals surface area contributed by atoms with Crippen molar-refractivity contribution < 1.29 is 42.9 Å². The van der Waals surface area contributed by atoms with Gasteiger partial charge in [0.15, 0.2) is 12.4 Å². The summed E-state index contributed by atoms with van der Waals surface area (Å²) in [7, 11) is 5.89. The molecule has 0 bridgehead atoms. The molecule has 0 fully saturated rings. The Labute approximate surface area is 415 Å². The van der Waals surface area contributed by atoms with Crippen molar-refractivity contribution >= 4 is 17.9 Å². The highest BCUT2D eigenvalue weighted by Crippen LogP contribution is 2.14. The van der Waals surface area contributed by atoms with Crippen LogP contribution >= 0.6 is 0 Å². The second-order valence-corrected chi connectivity index (χ2v) is 18.4. The van der Waals surface area contributed by atoms with Crippen molar-refractivity contribution in [1.29, 1.82) is 0 Å². The summed E-state index contributed by atoms with van der Waals surface area (Å²) in [6, 6.07) is 0. The number of carboxylic acid groups (broad SMARTS) is 1. The van der Waals surface area contributed by atoms with E-state index in [2.05, 4.69) is 117 Å². The fourth-order valence-electron chi connectivity index (χ4n) is 6.71. The molecule has 0 aliphatic carbocycles. The van der Waals surface area contributed by atoms with Gasteiger partial charge >= 0.3 is 11.9 Å². The molecule has 0 saturated carbocycles. The summed E-state index contributed by atoms with van der Waals surface area (Å²) in [5.41, 5.74) is 0. The van der Waals surface area contributed by atoms with E-state index >= 15 is 0 Å². The molecule has 9 heteroatoms. The van der Waals surface area contributed by atoms with Crippen LogP contribution in [0.1, 0.15) is 187 Å². The minimum Gasteiger partial charge on any atom is -0.545 e. The largest absolute Gasteiger partial charge is 0.545 e. The molecule has 0 amide bonds. The molecule has 0 heterocycles. The topological polar surface area (TPSA) is 111 Å². The second-order valence-electron chi connectivity index (χ2n) is 18.4. The molecule has 0 aromatic heterocycles. The number of hydrogen-bond donors (Lipinski definition) is 0. The van der Waals surface area contributed by atoms with E-state index in [0.29, 0.717) is 23.9 Å². The van der Waals surface area contributed by atoms with Gasteiger partial charge < -0.3 is 33.3 Å². The number of ether oxygens (including phenoxy) is 4. The fourth-order valence-corrected chi connectivity index (χ4v) is 6.71. The Kier molecular flexibility index (Phi) is 46.4. The van der Waals surface area contributed by atoms with Crippen LogP contribution < -0.4 is 5.11 Å². The van der Waals surface area contributed by atoms with Crippen molar-refractivity contribution in [3.63, 3.8) is 0 Å². The lowest BCUT2D eigenvalue weighted by atomic mass is 10.0. The maximum absolute atomic E-state index is 12.8. The van der Waals surface area contributed by atoms with Gasteiger partial charge in [0.2, 0.25) is 0 Å².